The minimum Gasteiger partial charge on any atom is -0.503 e. The Hall–Kier alpha value is -3.27. The molecule has 1 unspecified atom stereocenters. The lowest BCUT2D eigenvalue weighted by Gasteiger charge is -2.48. The van der Waals surface area contributed by atoms with E-state index in [1.807, 2.05) is 20.8 Å². The molecule has 33 heavy (non-hydrogen) atoms. The highest BCUT2D eigenvalue weighted by Gasteiger charge is 2.47. The lowest BCUT2D eigenvalue weighted by Crippen LogP contribution is -2.59. The van der Waals surface area contributed by atoms with Gasteiger partial charge in [-0.2, -0.15) is 0 Å². The third kappa shape index (κ3) is 3.49. The molecule has 2 amide bonds. The molecule has 3 heterocycles. The van der Waals surface area contributed by atoms with E-state index in [-0.39, 0.29) is 60.4 Å². The van der Waals surface area contributed by atoms with Crippen LogP contribution in [0.5, 0.6) is 5.75 Å². The Kier molecular flexibility index (Phi) is 5.52. The largest absolute Gasteiger partial charge is 0.503 e. The van der Waals surface area contributed by atoms with Crippen molar-refractivity contribution in [2.45, 2.75) is 52.4 Å². The molecule has 0 radical (unpaired) electrons. The van der Waals surface area contributed by atoms with Crippen molar-refractivity contribution in [3.05, 3.63) is 62.1 Å². The highest BCUT2D eigenvalue weighted by atomic mass is 19.1. The fraction of sp³-hybridized carbons (Fsp3) is 0.435. The van der Waals surface area contributed by atoms with Crippen LogP contribution in [0.4, 0.5) is 8.78 Å². The molecule has 0 bridgehead atoms. The number of carbonyl (C=O) groups is 2. The van der Waals surface area contributed by atoms with Gasteiger partial charge in [-0.25, -0.2) is 8.78 Å². The van der Waals surface area contributed by atoms with Crippen molar-refractivity contribution in [1.82, 2.24) is 14.8 Å². The van der Waals surface area contributed by atoms with Crippen molar-refractivity contribution >= 4 is 11.8 Å². The van der Waals surface area contributed by atoms with Crippen LogP contribution < -0.4 is 10.7 Å². The summed E-state index contributed by atoms with van der Waals surface area (Å²) in [5, 5.41) is 13.2. The van der Waals surface area contributed by atoms with Gasteiger partial charge in [-0.1, -0.05) is 6.07 Å². The zero-order valence-corrected chi connectivity index (χ0v) is 18.8. The number of hydrogen-bond acceptors (Lipinski definition) is 5. The van der Waals surface area contributed by atoms with Crippen LogP contribution in [0.3, 0.4) is 0 Å². The summed E-state index contributed by atoms with van der Waals surface area (Å²) in [5.41, 5.74) is -2.31. The van der Waals surface area contributed by atoms with E-state index in [1.54, 1.807) is 4.90 Å². The standard InChI is InChI=1S/C23H25F2N3O5/c1-11(2)27-9-23(4)10-33-8-15-16(19(29)20(30)18(22(27)32)28(15)23)21(31)26-7-13-5-6-14(24)12(3)17(13)25/h5-6,11,30H,7-10H2,1-4H3,(H,26,31). The average molecular weight is 461 g/mol. The minimum absolute atomic E-state index is 0.0435. The summed E-state index contributed by atoms with van der Waals surface area (Å²) in [5.74, 6) is -3.67. The summed E-state index contributed by atoms with van der Waals surface area (Å²) in [4.78, 5) is 40.7. The van der Waals surface area contributed by atoms with Gasteiger partial charge >= 0.3 is 0 Å². The van der Waals surface area contributed by atoms with Crippen LogP contribution in [0, 0.1) is 18.6 Å². The predicted octanol–water partition coefficient (Wildman–Crippen LogP) is 2.18. The first-order valence-corrected chi connectivity index (χ1v) is 10.6. The van der Waals surface area contributed by atoms with E-state index in [9.17, 15) is 28.3 Å². The molecule has 176 valence electrons. The third-order valence-corrected chi connectivity index (χ3v) is 6.30. The maximum absolute atomic E-state index is 14.3. The van der Waals surface area contributed by atoms with Gasteiger partial charge in [0.15, 0.2) is 11.4 Å². The highest BCUT2D eigenvalue weighted by Crippen LogP contribution is 2.37. The summed E-state index contributed by atoms with van der Waals surface area (Å²) < 4.78 is 35.1. The molecule has 0 aliphatic carbocycles. The summed E-state index contributed by atoms with van der Waals surface area (Å²) >= 11 is 0. The first-order valence-electron chi connectivity index (χ1n) is 10.6. The summed E-state index contributed by atoms with van der Waals surface area (Å²) in [6.07, 6.45) is 0. The molecule has 1 aromatic carbocycles. The van der Waals surface area contributed by atoms with E-state index in [4.69, 9.17) is 4.74 Å². The summed E-state index contributed by atoms with van der Waals surface area (Å²) in [6, 6.07) is 2.12. The van der Waals surface area contributed by atoms with Gasteiger partial charge in [0.1, 0.15) is 17.2 Å². The number of ether oxygens (including phenoxy) is 1. The number of nitrogens with zero attached hydrogens (tertiary/aromatic N) is 2. The second-order valence-electron chi connectivity index (χ2n) is 9.03. The van der Waals surface area contributed by atoms with Gasteiger partial charge in [-0.15, -0.1) is 0 Å². The molecule has 0 saturated heterocycles. The zero-order valence-electron chi connectivity index (χ0n) is 18.8. The zero-order chi connectivity index (χ0) is 24.2. The van der Waals surface area contributed by atoms with Gasteiger partial charge in [0, 0.05) is 30.3 Å². The molecule has 1 atom stereocenters. The van der Waals surface area contributed by atoms with Crippen molar-refractivity contribution in [1.29, 1.82) is 0 Å². The van der Waals surface area contributed by atoms with E-state index < -0.39 is 40.2 Å². The van der Waals surface area contributed by atoms with Crippen molar-refractivity contribution in [2.75, 3.05) is 13.2 Å². The van der Waals surface area contributed by atoms with E-state index in [2.05, 4.69) is 5.32 Å². The van der Waals surface area contributed by atoms with Gasteiger partial charge in [-0.3, -0.25) is 14.4 Å². The molecule has 0 spiro atoms. The summed E-state index contributed by atoms with van der Waals surface area (Å²) in [6.45, 7) is 6.83. The lowest BCUT2D eigenvalue weighted by atomic mass is 9.92. The molecule has 4 rings (SSSR count). The van der Waals surface area contributed by atoms with Gasteiger partial charge < -0.3 is 24.6 Å². The normalized spacial score (nSPS) is 19.6. The Morgan fingerprint density at radius 3 is 2.67 bits per heavy atom. The van der Waals surface area contributed by atoms with E-state index >= 15 is 0 Å². The number of carbonyl (C=O) groups excluding carboxylic acids is 2. The van der Waals surface area contributed by atoms with Gasteiger partial charge in [0.2, 0.25) is 5.43 Å². The predicted molar refractivity (Wildman–Crippen MR) is 114 cm³/mol. The van der Waals surface area contributed by atoms with Crippen LogP contribution >= 0.6 is 0 Å². The number of hydrogen-bond donors (Lipinski definition) is 2. The van der Waals surface area contributed by atoms with Crippen molar-refractivity contribution in [2.24, 2.45) is 0 Å². The van der Waals surface area contributed by atoms with E-state index in [0.717, 1.165) is 6.07 Å². The highest BCUT2D eigenvalue weighted by molar-refractivity contribution is 6.00. The average Bonchev–Trinajstić information content (AvgIpc) is 2.76. The molecule has 2 aliphatic heterocycles. The Balaban J connectivity index is 1.78. The second-order valence-corrected chi connectivity index (χ2v) is 9.03. The maximum Gasteiger partial charge on any atom is 0.274 e. The van der Waals surface area contributed by atoms with Crippen LogP contribution in [0.2, 0.25) is 0 Å². The monoisotopic (exact) mass is 461 g/mol. The fourth-order valence-electron chi connectivity index (χ4n) is 4.53. The van der Waals surface area contributed by atoms with Crippen LogP contribution in [-0.2, 0) is 23.4 Å². The molecule has 2 aromatic rings. The first-order chi connectivity index (χ1) is 15.5. The molecule has 0 fully saturated rings. The molecule has 2 N–H and O–H groups in total. The van der Waals surface area contributed by atoms with Gasteiger partial charge in [-0.05, 0) is 33.8 Å². The minimum atomic E-state index is -1.00. The number of benzene rings is 1. The molecular formula is C23H25F2N3O5. The van der Waals surface area contributed by atoms with Crippen molar-refractivity contribution in [3.8, 4) is 5.75 Å². The fourth-order valence-corrected chi connectivity index (χ4v) is 4.53. The Bertz CT molecular complexity index is 1240. The SMILES string of the molecule is Cc1c(F)ccc(CNC(=O)c2c3n4c(c(O)c2=O)C(=O)N(C(C)C)CC4(C)COC3)c1F. The molecule has 10 heteroatoms. The van der Waals surface area contributed by atoms with Crippen LogP contribution in [0.25, 0.3) is 0 Å². The number of amides is 2. The van der Waals surface area contributed by atoms with Crippen LogP contribution in [0.15, 0.2) is 16.9 Å². The lowest BCUT2D eigenvalue weighted by molar-refractivity contribution is -0.0221. The number of pyridine rings is 1. The van der Waals surface area contributed by atoms with Gasteiger partial charge in [0.05, 0.1) is 24.4 Å². The number of nitrogens with one attached hydrogen (secondary N) is 1. The Morgan fingerprint density at radius 2 is 2.00 bits per heavy atom. The first kappa shape index (κ1) is 22.9. The van der Waals surface area contributed by atoms with Crippen LogP contribution in [0.1, 0.15) is 58.4 Å². The Morgan fingerprint density at radius 1 is 1.30 bits per heavy atom. The van der Waals surface area contributed by atoms with E-state index in [0.29, 0.717) is 0 Å². The molecule has 0 saturated carbocycles. The third-order valence-electron chi connectivity index (χ3n) is 6.30. The van der Waals surface area contributed by atoms with Gasteiger partial charge in [0.25, 0.3) is 11.8 Å². The molecular weight excluding hydrogens is 436 g/mol. The second kappa shape index (κ2) is 7.95. The quantitative estimate of drug-likeness (QED) is 0.727. The topological polar surface area (TPSA) is 101 Å². The van der Waals surface area contributed by atoms with E-state index in [1.165, 1.54) is 17.6 Å². The molecule has 2 aliphatic rings. The number of aromatic nitrogens is 1. The maximum atomic E-state index is 14.3. The van der Waals surface area contributed by atoms with Crippen molar-refractivity contribution < 1.29 is 28.2 Å². The molecule has 1 aromatic heterocycles. The number of halogens is 2. The molecule has 8 nitrogen and oxygen atoms in total. The smallest absolute Gasteiger partial charge is 0.274 e. The van der Waals surface area contributed by atoms with Crippen molar-refractivity contribution in [3.63, 3.8) is 0 Å². The van der Waals surface area contributed by atoms with Crippen LogP contribution in [-0.4, -0.2) is 45.6 Å². The number of aromatic hydroxyl groups is 1. The summed E-state index contributed by atoms with van der Waals surface area (Å²) in [7, 11) is 0. The Labute approximate surface area is 188 Å². The number of rotatable bonds is 4.